The molecule has 3 N–H and O–H groups in total. The second-order valence-electron chi connectivity index (χ2n) is 7.92. The number of hydrogen-bond acceptors (Lipinski definition) is 9. The van der Waals surface area contributed by atoms with Crippen LogP contribution in [0.4, 0.5) is 5.82 Å². The number of carbonyl (C=O) groups excluding carboxylic acids is 1. The molecule has 0 unspecified atom stereocenters. The monoisotopic (exact) mass is 445 g/mol. The fraction of sp³-hybridized carbons (Fsp3) is 0.273. The summed E-state index contributed by atoms with van der Waals surface area (Å²) in [6.45, 7) is 4.22. The van der Waals surface area contributed by atoms with Gasteiger partial charge >= 0.3 is 0 Å². The number of likely N-dealkylation sites (tertiary alicyclic amines) is 1. The lowest BCUT2D eigenvalue weighted by Gasteiger charge is -2.13. The first-order chi connectivity index (χ1) is 16.1. The molecule has 11 nitrogen and oxygen atoms in total. The van der Waals surface area contributed by atoms with Gasteiger partial charge in [-0.1, -0.05) is 47.7 Å². The van der Waals surface area contributed by atoms with Gasteiger partial charge in [0.1, 0.15) is 5.69 Å². The van der Waals surface area contributed by atoms with Gasteiger partial charge in [-0.2, -0.15) is 9.78 Å². The van der Waals surface area contributed by atoms with Gasteiger partial charge in [-0.25, -0.2) is 10.1 Å². The normalized spacial score (nSPS) is 14.8. The van der Waals surface area contributed by atoms with E-state index in [4.69, 9.17) is 10.4 Å². The SMILES string of the molecule is C/C(=N/NC(=O)c1c(CN2CCCC2)nnn1-c1nonc1N)c1cccc2ccccc12. The van der Waals surface area contributed by atoms with E-state index in [2.05, 4.69) is 36.1 Å². The third kappa shape index (κ3) is 4.05. The van der Waals surface area contributed by atoms with Crippen LogP contribution in [0.3, 0.4) is 0 Å². The number of nitrogens with zero attached hydrogens (tertiary/aromatic N) is 7. The van der Waals surface area contributed by atoms with E-state index in [9.17, 15) is 4.79 Å². The van der Waals surface area contributed by atoms with Gasteiger partial charge in [-0.05, 0) is 53.9 Å². The minimum atomic E-state index is -0.476. The van der Waals surface area contributed by atoms with Crippen molar-refractivity contribution in [1.82, 2.24) is 35.6 Å². The van der Waals surface area contributed by atoms with Crippen LogP contribution in [-0.2, 0) is 6.54 Å². The second-order valence-corrected chi connectivity index (χ2v) is 7.92. The highest BCUT2D eigenvalue weighted by Crippen LogP contribution is 2.20. The minimum absolute atomic E-state index is 0.0112. The Hall–Kier alpha value is -4.12. The van der Waals surface area contributed by atoms with Crippen LogP contribution in [0.25, 0.3) is 16.6 Å². The van der Waals surface area contributed by atoms with E-state index in [0.29, 0.717) is 18.0 Å². The highest BCUT2D eigenvalue weighted by molar-refractivity contribution is 6.10. The maximum atomic E-state index is 13.3. The van der Waals surface area contributed by atoms with Crippen molar-refractivity contribution in [3.63, 3.8) is 0 Å². The second kappa shape index (κ2) is 8.79. The molecule has 2 aromatic carbocycles. The average Bonchev–Trinajstić information content (AvgIpc) is 3.58. The molecule has 11 heteroatoms. The van der Waals surface area contributed by atoms with Crippen LogP contribution in [0.2, 0.25) is 0 Å². The quantitative estimate of drug-likeness (QED) is 0.340. The molecule has 1 aliphatic rings. The Kier molecular flexibility index (Phi) is 5.53. The van der Waals surface area contributed by atoms with E-state index in [-0.39, 0.29) is 17.3 Å². The topological polar surface area (TPSA) is 140 Å². The molecule has 0 aliphatic carbocycles. The van der Waals surface area contributed by atoms with E-state index < -0.39 is 5.91 Å². The van der Waals surface area contributed by atoms with Crippen LogP contribution in [0, 0.1) is 0 Å². The Morgan fingerprint density at radius 3 is 2.73 bits per heavy atom. The fourth-order valence-corrected chi connectivity index (χ4v) is 4.07. The maximum absolute atomic E-state index is 13.3. The van der Waals surface area contributed by atoms with Gasteiger partial charge in [-0.15, -0.1) is 5.10 Å². The average molecular weight is 445 g/mol. The highest BCUT2D eigenvalue weighted by atomic mass is 16.6. The Bertz CT molecular complexity index is 1330. The summed E-state index contributed by atoms with van der Waals surface area (Å²) in [4.78, 5) is 15.5. The molecule has 1 fully saturated rings. The summed E-state index contributed by atoms with van der Waals surface area (Å²) < 4.78 is 5.94. The Labute approximate surface area is 189 Å². The molecule has 3 heterocycles. The molecule has 5 rings (SSSR count). The standard InChI is InChI=1S/C22H23N9O2/c1-14(16-10-6-8-15-7-2-3-9-17(15)16)24-26-22(32)19-18(13-30-11-4-5-12-30)25-29-31(19)21-20(23)27-33-28-21/h2-3,6-10H,4-5,11-13H2,1H3,(H2,23,27)(H,26,32)/b24-14-. The Morgan fingerprint density at radius 2 is 1.94 bits per heavy atom. The summed E-state index contributed by atoms with van der Waals surface area (Å²) >= 11 is 0. The molecule has 168 valence electrons. The van der Waals surface area contributed by atoms with Gasteiger partial charge in [-0.3, -0.25) is 9.69 Å². The third-order valence-electron chi connectivity index (χ3n) is 5.73. The highest BCUT2D eigenvalue weighted by Gasteiger charge is 2.27. The number of nitrogens with two attached hydrogens (primary N) is 1. The van der Waals surface area contributed by atoms with Crippen LogP contribution in [0.15, 0.2) is 52.2 Å². The zero-order chi connectivity index (χ0) is 22.8. The molecule has 33 heavy (non-hydrogen) atoms. The molecular formula is C22H23N9O2. The summed E-state index contributed by atoms with van der Waals surface area (Å²) in [5.74, 6) is -0.358. The van der Waals surface area contributed by atoms with E-state index in [1.54, 1.807) is 0 Å². The van der Waals surface area contributed by atoms with Crippen molar-refractivity contribution in [2.24, 2.45) is 5.10 Å². The molecule has 0 atom stereocenters. The molecule has 0 bridgehead atoms. The number of hydrogen-bond donors (Lipinski definition) is 2. The molecular weight excluding hydrogens is 422 g/mol. The lowest BCUT2D eigenvalue weighted by Crippen LogP contribution is -2.26. The molecule has 4 aromatic rings. The van der Waals surface area contributed by atoms with Crippen LogP contribution < -0.4 is 11.2 Å². The lowest BCUT2D eigenvalue weighted by molar-refractivity contribution is 0.0945. The van der Waals surface area contributed by atoms with Gasteiger partial charge in [0.15, 0.2) is 5.69 Å². The van der Waals surface area contributed by atoms with Crippen molar-refractivity contribution >= 4 is 28.2 Å². The summed E-state index contributed by atoms with van der Waals surface area (Å²) in [6, 6.07) is 14.0. The van der Waals surface area contributed by atoms with Crippen molar-refractivity contribution in [2.45, 2.75) is 26.3 Å². The van der Waals surface area contributed by atoms with E-state index in [0.717, 1.165) is 42.3 Å². The van der Waals surface area contributed by atoms with Gasteiger partial charge in [0.2, 0.25) is 11.6 Å². The lowest BCUT2D eigenvalue weighted by atomic mass is 10.0. The van der Waals surface area contributed by atoms with Crippen molar-refractivity contribution < 1.29 is 9.42 Å². The summed E-state index contributed by atoms with van der Waals surface area (Å²) in [7, 11) is 0. The number of hydrazone groups is 1. The Morgan fingerprint density at radius 1 is 1.15 bits per heavy atom. The molecule has 0 spiro atoms. The van der Waals surface area contributed by atoms with Gasteiger partial charge in [0.05, 0.1) is 5.71 Å². The number of aromatic nitrogens is 5. The van der Waals surface area contributed by atoms with Crippen LogP contribution >= 0.6 is 0 Å². The number of nitrogens with one attached hydrogen (secondary N) is 1. The van der Waals surface area contributed by atoms with E-state index >= 15 is 0 Å². The minimum Gasteiger partial charge on any atom is -0.378 e. The van der Waals surface area contributed by atoms with Gasteiger partial charge in [0.25, 0.3) is 5.91 Å². The summed E-state index contributed by atoms with van der Waals surface area (Å²) in [5.41, 5.74) is 10.8. The predicted octanol–water partition coefficient (Wildman–Crippen LogP) is 2.14. The van der Waals surface area contributed by atoms with Crippen LogP contribution in [-0.4, -0.2) is 54.9 Å². The molecule has 2 aromatic heterocycles. The molecule has 1 aliphatic heterocycles. The zero-order valence-electron chi connectivity index (χ0n) is 18.1. The smallest absolute Gasteiger partial charge is 0.292 e. The molecule has 0 saturated carbocycles. The molecule has 0 radical (unpaired) electrons. The number of anilines is 1. The first kappa shape index (κ1) is 20.8. The first-order valence-electron chi connectivity index (χ1n) is 10.7. The number of amides is 1. The number of benzene rings is 2. The van der Waals surface area contributed by atoms with Crippen molar-refractivity contribution in [2.75, 3.05) is 18.8 Å². The van der Waals surface area contributed by atoms with Gasteiger partial charge < -0.3 is 5.73 Å². The Balaban J connectivity index is 1.46. The number of nitrogen functional groups attached to an aromatic ring is 1. The maximum Gasteiger partial charge on any atom is 0.292 e. The van der Waals surface area contributed by atoms with Crippen LogP contribution in [0.1, 0.15) is 41.5 Å². The predicted molar refractivity (Wildman–Crippen MR) is 122 cm³/mol. The third-order valence-corrected chi connectivity index (χ3v) is 5.73. The fourth-order valence-electron chi connectivity index (χ4n) is 4.07. The van der Waals surface area contributed by atoms with Crippen molar-refractivity contribution in [3.05, 3.63) is 59.4 Å². The van der Waals surface area contributed by atoms with Crippen LogP contribution in [0.5, 0.6) is 0 Å². The number of rotatable bonds is 6. The zero-order valence-corrected chi connectivity index (χ0v) is 18.1. The summed E-state index contributed by atoms with van der Waals surface area (Å²) in [5, 5.41) is 22.2. The number of carbonyl (C=O) groups is 1. The van der Waals surface area contributed by atoms with E-state index in [1.165, 1.54) is 4.68 Å². The van der Waals surface area contributed by atoms with Crippen molar-refractivity contribution in [3.8, 4) is 5.82 Å². The molecule has 1 saturated heterocycles. The molecule has 1 amide bonds. The largest absolute Gasteiger partial charge is 0.378 e. The number of fused-ring (bicyclic) bond motifs is 1. The van der Waals surface area contributed by atoms with Crippen molar-refractivity contribution in [1.29, 1.82) is 0 Å². The summed E-state index contributed by atoms with van der Waals surface area (Å²) in [6.07, 6.45) is 2.23. The first-order valence-corrected chi connectivity index (χ1v) is 10.7. The van der Waals surface area contributed by atoms with E-state index in [1.807, 2.05) is 49.4 Å². The van der Waals surface area contributed by atoms with Gasteiger partial charge in [0, 0.05) is 12.1 Å².